The monoisotopic (exact) mass is 229 g/mol. The summed E-state index contributed by atoms with van der Waals surface area (Å²) in [5, 5.41) is 0.563. The molecule has 0 fully saturated rings. The number of hydrogen-bond donors (Lipinski definition) is 1. The number of rotatable bonds is 4. The Morgan fingerprint density at radius 3 is 3.21 bits per heavy atom. The molecule has 0 aliphatic rings. The van der Waals surface area contributed by atoms with Gasteiger partial charge in [-0.25, -0.2) is 9.97 Å². The zero-order valence-corrected chi connectivity index (χ0v) is 9.45. The first-order valence-electron chi connectivity index (χ1n) is 4.49. The Bertz CT molecular complexity index is 420. The largest absolute Gasteiger partial charge is 0.315 e. The molecule has 0 spiro atoms. The Morgan fingerprint density at radius 2 is 2.50 bits per heavy atom. The summed E-state index contributed by atoms with van der Waals surface area (Å²) in [4.78, 5) is 12.1. The number of nitrogens with zero attached hydrogens (tertiary/aromatic N) is 2. The van der Waals surface area contributed by atoms with Gasteiger partial charge in [0.2, 0.25) is 0 Å². The van der Waals surface area contributed by atoms with Crippen LogP contribution in [-0.4, -0.2) is 24.9 Å². The van der Waals surface area contributed by atoms with Crippen molar-refractivity contribution in [2.24, 2.45) is 0 Å². The minimum Gasteiger partial charge on any atom is -0.315 e. The van der Waals surface area contributed by atoms with Crippen LogP contribution in [0.15, 0.2) is 10.7 Å². The number of nitrogens with one attached hydrogen (secondary N) is 1. The van der Waals surface area contributed by atoms with Gasteiger partial charge in [-0.1, -0.05) is 13.3 Å². The van der Waals surface area contributed by atoms with Crippen LogP contribution in [0.3, 0.4) is 0 Å². The fourth-order valence-corrected chi connectivity index (χ4v) is 2.93. The number of fused-ring (bicyclic) bond motifs is 1. The lowest BCUT2D eigenvalue weighted by Crippen LogP contribution is -1.99. The lowest BCUT2D eigenvalue weighted by Gasteiger charge is -1.94. The van der Waals surface area contributed by atoms with Crippen molar-refractivity contribution in [3.05, 3.63) is 5.51 Å². The molecule has 0 saturated carbocycles. The molecule has 76 valence electrons. The Morgan fingerprint density at radius 1 is 1.64 bits per heavy atom. The Labute approximate surface area is 88.2 Å². The number of thiazole rings is 1. The predicted octanol–water partition coefficient (Wildman–Crippen LogP) is 1.93. The van der Waals surface area contributed by atoms with Gasteiger partial charge in [-0.15, -0.1) is 11.3 Å². The standard InChI is InChI=1S/C8H11N3OS2/c1-2-3-4-14(12)8-10-6-7(11-8)13-5-9-6/h5H,2-4H2,1H3,(H,10,11). The summed E-state index contributed by atoms with van der Waals surface area (Å²) in [5.41, 5.74) is 2.47. The summed E-state index contributed by atoms with van der Waals surface area (Å²) in [6, 6.07) is 0. The number of imidazole rings is 1. The summed E-state index contributed by atoms with van der Waals surface area (Å²) in [7, 11) is -0.994. The third-order valence-electron chi connectivity index (χ3n) is 1.88. The van der Waals surface area contributed by atoms with Crippen LogP contribution < -0.4 is 0 Å². The number of hydrogen-bond acceptors (Lipinski definition) is 4. The van der Waals surface area contributed by atoms with Gasteiger partial charge in [-0.2, -0.15) is 0 Å². The molecule has 2 aromatic heterocycles. The van der Waals surface area contributed by atoms with Gasteiger partial charge in [-0.3, -0.25) is 4.21 Å². The average molecular weight is 229 g/mol. The molecule has 2 heterocycles. The Kier molecular flexibility index (Phi) is 2.93. The molecule has 0 aliphatic carbocycles. The van der Waals surface area contributed by atoms with Crippen LogP contribution in [0.25, 0.3) is 10.5 Å². The zero-order valence-electron chi connectivity index (χ0n) is 7.82. The second-order valence-corrected chi connectivity index (χ2v) is 5.27. The van der Waals surface area contributed by atoms with Crippen LogP contribution >= 0.6 is 11.3 Å². The molecule has 1 N–H and O–H groups in total. The van der Waals surface area contributed by atoms with Gasteiger partial charge in [0.1, 0.15) is 0 Å². The summed E-state index contributed by atoms with van der Waals surface area (Å²) in [5.74, 6) is 0.678. The minimum absolute atomic E-state index is 0.563. The lowest BCUT2D eigenvalue weighted by molar-refractivity contribution is 0.674. The summed E-state index contributed by atoms with van der Waals surface area (Å²) >= 11 is 1.46. The van der Waals surface area contributed by atoms with Crippen LogP contribution in [0.4, 0.5) is 0 Å². The lowest BCUT2D eigenvalue weighted by atomic mass is 10.4. The second-order valence-electron chi connectivity index (χ2n) is 2.95. The van der Waals surface area contributed by atoms with Crippen molar-refractivity contribution < 1.29 is 4.21 Å². The number of H-pyrrole nitrogens is 1. The smallest absolute Gasteiger partial charge is 0.199 e. The zero-order chi connectivity index (χ0) is 9.97. The van der Waals surface area contributed by atoms with E-state index in [0.717, 1.165) is 23.3 Å². The summed E-state index contributed by atoms with van der Waals surface area (Å²) in [6.07, 6.45) is 2.02. The van der Waals surface area contributed by atoms with E-state index in [1.807, 2.05) is 0 Å². The summed E-state index contributed by atoms with van der Waals surface area (Å²) < 4.78 is 11.7. The molecule has 2 aromatic rings. The molecule has 4 nitrogen and oxygen atoms in total. The SMILES string of the molecule is CCCCS(=O)c1nc2scnc2[nH]1. The van der Waals surface area contributed by atoms with Gasteiger partial charge < -0.3 is 4.98 Å². The normalized spacial score (nSPS) is 13.5. The van der Waals surface area contributed by atoms with Crippen molar-refractivity contribution in [3.63, 3.8) is 0 Å². The number of aromatic nitrogens is 3. The van der Waals surface area contributed by atoms with E-state index >= 15 is 0 Å². The number of aromatic amines is 1. The van der Waals surface area contributed by atoms with Gasteiger partial charge in [0.15, 0.2) is 15.6 Å². The molecule has 0 aromatic carbocycles. The van der Waals surface area contributed by atoms with Crippen molar-refractivity contribution in [2.45, 2.75) is 24.9 Å². The van der Waals surface area contributed by atoms with Crippen molar-refractivity contribution in [3.8, 4) is 0 Å². The van der Waals surface area contributed by atoms with Crippen LogP contribution in [0, 0.1) is 0 Å². The first-order valence-corrected chi connectivity index (χ1v) is 6.68. The highest BCUT2D eigenvalue weighted by molar-refractivity contribution is 7.84. The van der Waals surface area contributed by atoms with Gasteiger partial charge in [-0.05, 0) is 6.42 Å². The highest BCUT2D eigenvalue weighted by Gasteiger charge is 2.10. The number of unbranched alkanes of at least 4 members (excludes halogenated alkanes) is 1. The van der Waals surface area contributed by atoms with Gasteiger partial charge in [0.05, 0.1) is 16.3 Å². The van der Waals surface area contributed by atoms with E-state index in [1.165, 1.54) is 11.3 Å². The summed E-state index contributed by atoms with van der Waals surface area (Å²) in [6.45, 7) is 2.08. The first-order chi connectivity index (χ1) is 6.81. The van der Waals surface area contributed by atoms with E-state index in [9.17, 15) is 4.21 Å². The molecule has 0 saturated heterocycles. The fourth-order valence-electron chi connectivity index (χ4n) is 1.11. The highest BCUT2D eigenvalue weighted by atomic mass is 32.2. The van der Waals surface area contributed by atoms with Crippen LogP contribution in [0.2, 0.25) is 0 Å². The maximum Gasteiger partial charge on any atom is 0.199 e. The van der Waals surface area contributed by atoms with E-state index in [0.29, 0.717) is 10.9 Å². The van der Waals surface area contributed by atoms with Crippen molar-refractivity contribution in [1.29, 1.82) is 0 Å². The van der Waals surface area contributed by atoms with E-state index < -0.39 is 10.8 Å². The van der Waals surface area contributed by atoms with E-state index in [1.54, 1.807) is 5.51 Å². The topological polar surface area (TPSA) is 58.6 Å². The third-order valence-corrected chi connectivity index (χ3v) is 3.88. The molecule has 0 bridgehead atoms. The molecule has 1 unspecified atom stereocenters. The van der Waals surface area contributed by atoms with Crippen LogP contribution in [0.1, 0.15) is 19.8 Å². The molecular weight excluding hydrogens is 218 g/mol. The second kappa shape index (κ2) is 4.18. The van der Waals surface area contributed by atoms with Gasteiger partial charge >= 0.3 is 0 Å². The predicted molar refractivity (Wildman–Crippen MR) is 57.9 cm³/mol. The maximum atomic E-state index is 11.7. The molecule has 1 atom stereocenters. The molecule has 0 radical (unpaired) electrons. The minimum atomic E-state index is -0.994. The Balaban J connectivity index is 2.18. The van der Waals surface area contributed by atoms with E-state index in [4.69, 9.17) is 0 Å². The van der Waals surface area contributed by atoms with E-state index in [2.05, 4.69) is 21.9 Å². The van der Waals surface area contributed by atoms with Crippen molar-refractivity contribution in [1.82, 2.24) is 15.0 Å². The molecule has 0 amide bonds. The molecule has 2 rings (SSSR count). The molecule has 0 aliphatic heterocycles. The van der Waals surface area contributed by atoms with Crippen molar-refractivity contribution in [2.75, 3.05) is 5.75 Å². The average Bonchev–Trinajstić information content (AvgIpc) is 2.72. The molecule has 6 heteroatoms. The molecular formula is C8H11N3OS2. The maximum absolute atomic E-state index is 11.7. The van der Waals surface area contributed by atoms with Gasteiger partial charge in [0, 0.05) is 5.75 Å². The highest BCUT2D eigenvalue weighted by Crippen LogP contribution is 2.16. The first kappa shape index (κ1) is 9.79. The van der Waals surface area contributed by atoms with Gasteiger partial charge in [0.25, 0.3) is 0 Å². The van der Waals surface area contributed by atoms with E-state index in [-0.39, 0.29) is 0 Å². The quantitative estimate of drug-likeness (QED) is 0.871. The van der Waals surface area contributed by atoms with Crippen LogP contribution in [-0.2, 0) is 10.8 Å². The molecule has 14 heavy (non-hydrogen) atoms. The van der Waals surface area contributed by atoms with Crippen LogP contribution in [0.5, 0.6) is 0 Å². The third kappa shape index (κ3) is 1.85. The fraction of sp³-hybridized carbons (Fsp3) is 0.500. The Hall–Kier alpha value is -0.750. The van der Waals surface area contributed by atoms with Crippen molar-refractivity contribution >= 4 is 32.6 Å².